The number of carboxylic acid groups (broad SMARTS) is 1. The zero-order valence-corrected chi connectivity index (χ0v) is 11.9. The number of β-amino-alcohol motifs (C(OH)–C–C–N with tert-alkyl or cyclic N) is 1. The van der Waals surface area contributed by atoms with Crippen molar-refractivity contribution in [3.05, 3.63) is 33.8 Å². The van der Waals surface area contributed by atoms with Gasteiger partial charge in [0.1, 0.15) is 6.04 Å². The number of hydrogen-bond donors (Lipinski definition) is 2. The third-order valence-electron chi connectivity index (χ3n) is 3.11. The fourth-order valence-electron chi connectivity index (χ4n) is 2.30. The lowest BCUT2D eigenvalue weighted by molar-refractivity contribution is -0.141. The predicted molar refractivity (Wildman–Crippen MR) is 72.0 cm³/mol. The van der Waals surface area contributed by atoms with Crippen molar-refractivity contribution >= 4 is 27.8 Å². The summed E-state index contributed by atoms with van der Waals surface area (Å²) in [6, 6.07) is 4.27. The van der Waals surface area contributed by atoms with Gasteiger partial charge in [-0.3, -0.25) is 4.79 Å². The molecule has 102 valence electrons. The van der Waals surface area contributed by atoms with E-state index in [4.69, 9.17) is 5.11 Å². The molecule has 1 aromatic carbocycles. The summed E-state index contributed by atoms with van der Waals surface area (Å²) in [7, 11) is 0. The van der Waals surface area contributed by atoms with Gasteiger partial charge >= 0.3 is 5.97 Å². The van der Waals surface area contributed by atoms with Crippen LogP contribution in [-0.4, -0.2) is 45.7 Å². The lowest BCUT2D eigenvalue weighted by Gasteiger charge is -2.21. The van der Waals surface area contributed by atoms with Crippen molar-refractivity contribution in [3.63, 3.8) is 0 Å². The fraction of sp³-hybridized carbons (Fsp3) is 0.385. The highest BCUT2D eigenvalue weighted by Gasteiger charge is 2.39. The highest BCUT2D eigenvalue weighted by molar-refractivity contribution is 9.10. The number of amides is 1. The number of halogens is 1. The Kier molecular flexibility index (Phi) is 3.91. The molecule has 1 fully saturated rings. The van der Waals surface area contributed by atoms with Gasteiger partial charge in [-0.1, -0.05) is 15.9 Å². The van der Waals surface area contributed by atoms with E-state index >= 15 is 0 Å². The Bertz CT molecular complexity index is 511. The summed E-state index contributed by atoms with van der Waals surface area (Å²) in [5.74, 6) is -1.45. The number of likely N-dealkylation sites (tertiary alicyclic amines) is 1. The van der Waals surface area contributed by atoms with Gasteiger partial charge in [0.05, 0.1) is 6.10 Å². The Morgan fingerprint density at radius 1 is 1.37 bits per heavy atom. The molecule has 19 heavy (non-hydrogen) atoms. The van der Waals surface area contributed by atoms with Crippen molar-refractivity contribution < 1.29 is 19.8 Å². The molecular formula is C13H14BrNO4. The van der Waals surface area contributed by atoms with Gasteiger partial charge in [-0.05, 0) is 30.7 Å². The lowest BCUT2D eigenvalue weighted by atomic mass is 10.1. The molecule has 1 aliphatic rings. The van der Waals surface area contributed by atoms with Crippen LogP contribution in [0.2, 0.25) is 0 Å². The molecule has 2 N–H and O–H groups in total. The van der Waals surface area contributed by atoms with E-state index in [1.54, 1.807) is 12.1 Å². The van der Waals surface area contributed by atoms with Gasteiger partial charge in [0.15, 0.2) is 0 Å². The van der Waals surface area contributed by atoms with Crippen LogP contribution in [0, 0.1) is 6.92 Å². The molecule has 0 spiro atoms. The van der Waals surface area contributed by atoms with Crippen molar-refractivity contribution in [2.45, 2.75) is 25.5 Å². The van der Waals surface area contributed by atoms with Crippen LogP contribution in [0.15, 0.2) is 22.7 Å². The molecule has 1 heterocycles. The zero-order chi connectivity index (χ0) is 14.2. The number of hydrogen-bond acceptors (Lipinski definition) is 3. The molecule has 2 atom stereocenters. The van der Waals surface area contributed by atoms with Crippen molar-refractivity contribution in [1.29, 1.82) is 0 Å². The minimum absolute atomic E-state index is 0.0569. The first-order valence-corrected chi connectivity index (χ1v) is 6.67. The smallest absolute Gasteiger partial charge is 0.326 e. The number of aliphatic carboxylic acids is 1. The van der Waals surface area contributed by atoms with Crippen LogP contribution < -0.4 is 0 Å². The van der Waals surface area contributed by atoms with Crippen LogP contribution in [0.5, 0.6) is 0 Å². The number of carbonyl (C=O) groups is 2. The Morgan fingerprint density at radius 3 is 2.63 bits per heavy atom. The van der Waals surface area contributed by atoms with Crippen LogP contribution in [0.25, 0.3) is 0 Å². The van der Waals surface area contributed by atoms with Crippen molar-refractivity contribution in [2.75, 3.05) is 6.54 Å². The number of aliphatic hydroxyl groups excluding tert-OH is 1. The Balaban J connectivity index is 2.30. The number of nitrogens with zero attached hydrogens (tertiary/aromatic N) is 1. The predicted octanol–water partition coefficient (Wildman–Crippen LogP) is 1.42. The fourth-order valence-corrected chi connectivity index (χ4v) is 2.91. The van der Waals surface area contributed by atoms with E-state index in [0.717, 1.165) is 10.0 Å². The third-order valence-corrected chi connectivity index (χ3v) is 3.57. The van der Waals surface area contributed by atoms with Gasteiger partial charge in [0.25, 0.3) is 5.91 Å². The largest absolute Gasteiger partial charge is 0.480 e. The first-order valence-electron chi connectivity index (χ1n) is 5.87. The van der Waals surface area contributed by atoms with Crippen LogP contribution >= 0.6 is 15.9 Å². The molecule has 0 aliphatic carbocycles. The average Bonchev–Trinajstić information content (AvgIpc) is 2.69. The van der Waals surface area contributed by atoms with E-state index in [2.05, 4.69) is 15.9 Å². The second kappa shape index (κ2) is 5.30. The van der Waals surface area contributed by atoms with Crippen LogP contribution in [0.3, 0.4) is 0 Å². The highest BCUT2D eigenvalue weighted by atomic mass is 79.9. The van der Waals surface area contributed by atoms with Gasteiger partial charge in [0, 0.05) is 23.0 Å². The molecule has 2 unspecified atom stereocenters. The lowest BCUT2D eigenvalue weighted by Crippen LogP contribution is -2.40. The second-order valence-electron chi connectivity index (χ2n) is 4.72. The van der Waals surface area contributed by atoms with Crippen molar-refractivity contribution in [1.82, 2.24) is 4.90 Å². The molecule has 1 aliphatic heterocycles. The first kappa shape index (κ1) is 14.0. The van der Waals surface area contributed by atoms with E-state index < -0.39 is 18.1 Å². The summed E-state index contributed by atoms with van der Waals surface area (Å²) in [5, 5.41) is 18.6. The molecular weight excluding hydrogens is 314 g/mol. The van der Waals surface area contributed by atoms with Gasteiger partial charge in [-0.25, -0.2) is 4.79 Å². The van der Waals surface area contributed by atoms with E-state index in [9.17, 15) is 14.7 Å². The van der Waals surface area contributed by atoms with Crippen molar-refractivity contribution in [2.24, 2.45) is 0 Å². The molecule has 0 bridgehead atoms. The van der Waals surface area contributed by atoms with Gasteiger partial charge < -0.3 is 15.1 Å². The third kappa shape index (κ3) is 2.96. The molecule has 1 amide bonds. The summed E-state index contributed by atoms with van der Waals surface area (Å²) in [6.07, 6.45) is -0.702. The number of aryl methyl sites for hydroxylation is 1. The topological polar surface area (TPSA) is 77.8 Å². The Labute approximate surface area is 119 Å². The van der Waals surface area contributed by atoms with E-state index in [0.29, 0.717) is 5.56 Å². The summed E-state index contributed by atoms with van der Waals surface area (Å²) in [6.45, 7) is 1.91. The normalized spacial score (nSPS) is 22.6. The molecule has 0 saturated carbocycles. The van der Waals surface area contributed by atoms with Crippen LogP contribution in [0.4, 0.5) is 0 Å². The highest BCUT2D eigenvalue weighted by Crippen LogP contribution is 2.23. The quantitative estimate of drug-likeness (QED) is 0.861. The summed E-state index contributed by atoms with van der Waals surface area (Å²) in [5.41, 5.74) is 1.33. The molecule has 0 aromatic heterocycles. The zero-order valence-electron chi connectivity index (χ0n) is 10.3. The number of carbonyl (C=O) groups excluding carboxylic acids is 1. The van der Waals surface area contributed by atoms with E-state index in [1.165, 1.54) is 4.90 Å². The number of aliphatic hydroxyl groups is 1. The maximum Gasteiger partial charge on any atom is 0.326 e. The standard InChI is InChI=1S/C13H14BrNO4/c1-7-2-8(4-9(14)3-7)12(17)15-6-10(16)5-11(15)13(18)19/h2-4,10-11,16H,5-6H2,1H3,(H,18,19). The number of carboxylic acids is 1. The minimum atomic E-state index is -1.09. The molecule has 0 radical (unpaired) electrons. The van der Waals surface area contributed by atoms with Crippen LogP contribution in [0.1, 0.15) is 22.3 Å². The SMILES string of the molecule is Cc1cc(Br)cc(C(=O)N2CC(O)CC2C(=O)O)c1. The summed E-state index contributed by atoms with van der Waals surface area (Å²) >= 11 is 3.31. The first-order chi connectivity index (χ1) is 8.88. The molecule has 6 heteroatoms. The van der Waals surface area contributed by atoms with E-state index in [1.807, 2.05) is 13.0 Å². The molecule has 1 aromatic rings. The second-order valence-corrected chi connectivity index (χ2v) is 5.63. The molecule has 2 rings (SSSR count). The molecule has 5 nitrogen and oxygen atoms in total. The number of benzene rings is 1. The van der Waals surface area contributed by atoms with Gasteiger partial charge in [-0.15, -0.1) is 0 Å². The number of rotatable bonds is 2. The van der Waals surface area contributed by atoms with Gasteiger partial charge in [-0.2, -0.15) is 0 Å². The maximum atomic E-state index is 12.3. The Morgan fingerprint density at radius 2 is 2.05 bits per heavy atom. The van der Waals surface area contributed by atoms with Crippen LogP contribution in [-0.2, 0) is 4.79 Å². The van der Waals surface area contributed by atoms with Crippen molar-refractivity contribution in [3.8, 4) is 0 Å². The van der Waals surface area contributed by atoms with Gasteiger partial charge in [0.2, 0.25) is 0 Å². The molecule has 1 saturated heterocycles. The monoisotopic (exact) mass is 327 g/mol. The average molecular weight is 328 g/mol. The Hall–Kier alpha value is -1.40. The summed E-state index contributed by atoms with van der Waals surface area (Å²) < 4.78 is 0.766. The minimum Gasteiger partial charge on any atom is -0.480 e. The van der Waals surface area contributed by atoms with E-state index in [-0.39, 0.29) is 18.9 Å². The summed E-state index contributed by atoms with van der Waals surface area (Å²) in [4.78, 5) is 24.7. The maximum absolute atomic E-state index is 12.3.